The first-order chi connectivity index (χ1) is 8.20. The van der Waals surface area contributed by atoms with Crippen LogP contribution in [0.15, 0.2) is 42.5 Å². The lowest BCUT2D eigenvalue weighted by molar-refractivity contribution is -0.255. The summed E-state index contributed by atoms with van der Waals surface area (Å²) in [5.74, 6) is -1.56. The van der Waals surface area contributed by atoms with Crippen molar-refractivity contribution in [2.75, 3.05) is 0 Å². The molecule has 2 aromatic rings. The van der Waals surface area contributed by atoms with Crippen molar-refractivity contribution in [2.24, 2.45) is 0 Å². The Labute approximate surface area is 97.3 Å². The maximum absolute atomic E-state index is 12.1. The Morgan fingerprint density at radius 2 is 1.53 bits per heavy atom. The Bertz CT molecular complexity index is 656. The smallest absolute Gasteiger partial charge is 0.194 e. The van der Waals surface area contributed by atoms with Crippen LogP contribution in [0, 0.1) is 0 Å². The zero-order valence-corrected chi connectivity index (χ0v) is 8.77. The number of aromatic carboxylic acids is 1. The Morgan fingerprint density at radius 1 is 0.882 bits per heavy atom. The van der Waals surface area contributed by atoms with Gasteiger partial charge in [-0.15, -0.1) is 0 Å². The maximum atomic E-state index is 12.1. The van der Waals surface area contributed by atoms with Crippen LogP contribution < -0.4 is 5.11 Å². The molecule has 0 unspecified atom stereocenters. The molecule has 0 amide bonds. The number of rotatable bonds is 1. The molecule has 0 fully saturated rings. The molecule has 0 aromatic heterocycles. The van der Waals surface area contributed by atoms with Crippen molar-refractivity contribution < 1.29 is 14.7 Å². The summed E-state index contributed by atoms with van der Waals surface area (Å²) < 4.78 is 0. The van der Waals surface area contributed by atoms with Crippen LogP contribution >= 0.6 is 0 Å². The van der Waals surface area contributed by atoms with Gasteiger partial charge in [0.1, 0.15) is 0 Å². The molecule has 0 saturated carbocycles. The summed E-state index contributed by atoms with van der Waals surface area (Å²) in [6, 6.07) is 11.9. The van der Waals surface area contributed by atoms with Crippen LogP contribution in [0.4, 0.5) is 0 Å². The summed E-state index contributed by atoms with van der Waals surface area (Å²) >= 11 is 0. The number of ketones is 1. The maximum Gasteiger partial charge on any atom is 0.194 e. The molecule has 0 N–H and O–H groups in total. The molecule has 3 rings (SSSR count). The summed E-state index contributed by atoms with van der Waals surface area (Å²) in [5.41, 5.74) is 2.22. The third kappa shape index (κ3) is 1.22. The summed E-state index contributed by atoms with van der Waals surface area (Å²) in [6.45, 7) is 0. The summed E-state index contributed by atoms with van der Waals surface area (Å²) in [4.78, 5) is 23.1. The molecule has 1 aliphatic carbocycles. The van der Waals surface area contributed by atoms with E-state index in [2.05, 4.69) is 0 Å². The molecule has 82 valence electrons. The van der Waals surface area contributed by atoms with Crippen LogP contribution in [0.5, 0.6) is 0 Å². The fraction of sp³-hybridized carbons (Fsp3) is 0. The second-order valence-corrected chi connectivity index (χ2v) is 3.89. The molecular formula is C14H7O3-. The van der Waals surface area contributed by atoms with Crippen molar-refractivity contribution in [1.82, 2.24) is 0 Å². The fourth-order valence-electron chi connectivity index (χ4n) is 2.24. The lowest BCUT2D eigenvalue weighted by Crippen LogP contribution is -2.24. The Morgan fingerprint density at radius 3 is 2.24 bits per heavy atom. The molecule has 0 aliphatic heterocycles. The Kier molecular flexibility index (Phi) is 1.89. The largest absolute Gasteiger partial charge is 0.545 e. The molecule has 0 saturated heterocycles. The second-order valence-electron chi connectivity index (χ2n) is 3.89. The molecule has 2 aromatic carbocycles. The van der Waals surface area contributed by atoms with Gasteiger partial charge < -0.3 is 9.90 Å². The predicted octanol–water partition coefficient (Wildman–Crippen LogP) is 1.26. The Balaban J connectivity index is 2.38. The minimum absolute atomic E-state index is 0.0382. The number of carbonyl (C=O) groups excluding carboxylic acids is 2. The number of carboxylic acids is 1. The highest BCUT2D eigenvalue weighted by molar-refractivity contribution is 6.25. The third-order valence-corrected chi connectivity index (χ3v) is 2.97. The van der Waals surface area contributed by atoms with Crippen LogP contribution in [0.25, 0.3) is 11.1 Å². The van der Waals surface area contributed by atoms with Crippen LogP contribution in [0.2, 0.25) is 0 Å². The molecule has 0 radical (unpaired) electrons. The van der Waals surface area contributed by atoms with Crippen molar-refractivity contribution in [1.29, 1.82) is 0 Å². The van der Waals surface area contributed by atoms with E-state index < -0.39 is 5.97 Å². The standard InChI is InChI=1S/C14H8O3/c15-13-10-5-2-1-4-8(10)9-6-3-7-11(12(9)13)14(16)17/h1-7H,(H,16,17)/p-1. The summed E-state index contributed by atoms with van der Waals surface area (Å²) in [6.07, 6.45) is 0. The quantitative estimate of drug-likeness (QED) is 0.624. The van der Waals surface area contributed by atoms with E-state index in [9.17, 15) is 14.7 Å². The predicted molar refractivity (Wildman–Crippen MR) is 59.6 cm³/mol. The first-order valence-corrected chi connectivity index (χ1v) is 5.18. The molecule has 17 heavy (non-hydrogen) atoms. The molecular weight excluding hydrogens is 216 g/mol. The normalized spacial score (nSPS) is 12.1. The van der Waals surface area contributed by atoms with Gasteiger partial charge in [-0.25, -0.2) is 0 Å². The number of benzene rings is 2. The van der Waals surface area contributed by atoms with E-state index in [1.807, 2.05) is 12.1 Å². The van der Waals surface area contributed by atoms with Crippen molar-refractivity contribution in [3.05, 3.63) is 59.2 Å². The van der Waals surface area contributed by atoms with Crippen LogP contribution in [0.3, 0.4) is 0 Å². The Hall–Kier alpha value is -2.42. The molecule has 0 bridgehead atoms. The van der Waals surface area contributed by atoms with Crippen LogP contribution in [0.1, 0.15) is 26.3 Å². The van der Waals surface area contributed by atoms with Gasteiger partial charge >= 0.3 is 0 Å². The lowest BCUT2D eigenvalue weighted by Gasteiger charge is -2.07. The molecule has 0 spiro atoms. The topological polar surface area (TPSA) is 57.2 Å². The van der Waals surface area contributed by atoms with Gasteiger partial charge in [0.25, 0.3) is 0 Å². The average Bonchev–Trinajstić information content (AvgIpc) is 2.64. The first kappa shape index (κ1) is 9.78. The third-order valence-electron chi connectivity index (χ3n) is 2.97. The minimum atomic E-state index is -1.32. The molecule has 3 heteroatoms. The number of hydrogen-bond donors (Lipinski definition) is 0. The zero-order chi connectivity index (χ0) is 12.0. The van der Waals surface area contributed by atoms with Gasteiger partial charge in [-0.2, -0.15) is 0 Å². The molecule has 0 atom stereocenters. The van der Waals surface area contributed by atoms with E-state index in [1.165, 1.54) is 6.07 Å². The van der Waals surface area contributed by atoms with Crippen LogP contribution in [-0.4, -0.2) is 11.8 Å². The van der Waals surface area contributed by atoms with Gasteiger partial charge in [0.05, 0.1) is 5.97 Å². The molecule has 1 aliphatic rings. The first-order valence-electron chi connectivity index (χ1n) is 5.18. The number of fused-ring (bicyclic) bond motifs is 3. The number of carbonyl (C=O) groups is 2. The van der Waals surface area contributed by atoms with Crippen molar-refractivity contribution in [2.45, 2.75) is 0 Å². The molecule has 3 nitrogen and oxygen atoms in total. The zero-order valence-electron chi connectivity index (χ0n) is 8.77. The summed E-state index contributed by atoms with van der Waals surface area (Å²) in [5, 5.41) is 11.0. The highest BCUT2D eigenvalue weighted by Gasteiger charge is 2.28. The van der Waals surface area contributed by atoms with Crippen LogP contribution in [-0.2, 0) is 0 Å². The van der Waals surface area contributed by atoms with Crippen molar-refractivity contribution in [3.8, 4) is 11.1 Å². The second kappa shape index (κ2) is 3.28. The highest BCUT2D eigenvalue weighted by Crippen LogP contribution is 2.37. The van der Waals surface area contributed by atoms with E-state index in [0.717, 1.165) is 5.56 Å². The van der Waals surface area contributed by atoms with E-state index in [0.29, 0.717) is 11.1 Å². The van der Waals surface area contributed by atoms with Gasteiger partial charge in [0.15, 0.2) is 5.78 Å². The van der Waals surface area contributed by atoms with E-state index in [1.54, 1.807) is 24.3 Å². The average molecular weight is 223 g/mol. The van der Waals surface area contributed by atoms with Gasteiger partial charge in [0.2, 0.25) is 0 Å². The van der Waals surface area contributed by atoms with Gasteiger partial charge in [-0.05, 0) is 11.1 Å². The van der Waals surface area contributed by atoms with Gasteiger partial charge in [-0.1, -0.05) is 42.5 Å². The number of hydrogen-bond acceptors (Lipinski definition) is 3. The molecule has 0 heterocycles. The van der Waals surface area contributed by atoms with Crippen molar-refractivity contribution >= 4 is 11.8 Å². The van der Waals surface area contributed by atoms with E-state index in [4.69, 9.17) is 0 Å². The lowest BCUT2D eigenvalue weighted by atomic mass is 10.0. The summed E-state index contributed by atoms with van der Waals surface area (Å²) in [7, 11) is 0. The fourth-order valence-corrected chi connectivity index (χ4v) is 2.24. The number of carboxylic acid groups (broad SMARTS) is 1. The van der Waals surface area contributed by atoms with Gasteiger partial charge in [-0.3, -0.25) is 4.79 Å². The SMILES string of the molecule is O=C([O-])c1cccc2c1C(=O)c1ccccc1-2. The van der Waals surface area contributed by atoms with E-state index in [-0.39, 0.29) is 16.9 Å². The highest BCUT2D eigenvalue weighted by atomic mass is 16.4. The van der Waals surface area contributed by atoms with Gasteiger partial charge in [0, 0.05) is 16.7 Å². The minimum Gasteiger partial charge on any atom is -0.545 e. The van der Waals surface area contributed by atoms with Crippen molar-refractivity contribution in [3.63, 3.8) is 0 Å². The van der Waals surface area contributed by atoms with E-state index >= 15 is 0 Å². The monoisotopic (exact) mass is 223 g/mol.